The van der Waals surface area contributed by atoms with Gasteiger partial charge in [-0.1, -0.05) is 29.8 Å². The summed E-state index contributed by atoms with van der Waals surface area (Å²) in [6.07, 6.45) is 2.74. The molecule has 3 aromatic rings. The van der Waals surface area contributed by atoms with Gasteiger partial charge in [-0.25, -0.2) is 4.79 Å². The van der Waals surface area contributed by atoms with Crippen LogP contribution in [0.2, 0.25) is 5.02 Å². The highest BCUT2D eigenvalue weighted by atomic mass is 35.5. The molecule has 0 aliphatic rings. The first-order valence-electron chi connectivity index (χ1n) is 7.19. The molecule has 2 N–H and O–H groups in total. The number of carboxylic acid groups (broad SMARTS) is 1. The molecule has 25 heavy (non-hydrogen) atoms. The Hall–Kier alpha value is -2.83. The number of rotatable bonds is 5. The van der Waals surface area contributed by atoms with Crippen LogP contribution < -0.4 is 5.32 Å². The van der Waals surface area contributed by atoms with Gasteiger partial charge in [-0.3, -0.25) is 4.79 Å². The fourth-order valence-electron chi connectivity index (χ4n) is 2.12. The lowest BCUT2D eigenvalue weighted by molar-refractivity contribution is -0.132. The average molecular weight is 374 g/mol. The molecule has 126 valence electrons. The highest BCUT2D eigenvalue weighted by molar-refractivity contribution is 7.16. The Morgan fingerprint density at radius 1 is 1.12 bits per heavy atom. The van der Waals surface area contributed by atoms with Crippen molar-refractivity contribution in [3.63, 3.8) is 0 Å². The van der Waals surface area contributed by atoms with E-state index in [4.69, 9.17) is 16.0 Å². The summed E-state index contributed by atoms with van der Waals surface area (Å²) in [5, 5.41) is 12.3. The first-order chi connectivity index (χ1) is 12.0. The van der Waals surface area contributed by atoms with Crippen LogP contribution in [0.15, 0.2) is 64.9 Å². The molecule has 0 radical (unpaired) electrons. The molecule has 0 spiro atoms. The van der Waals surface area contributed by atoms with Crippen LogP contribution in [-0.4, -0.2) is 17.0 Å². The first kappa shape index (κ1) is 17.0. The van der Waals surface area contributed by atoms with E-state index in [1.807, 2.05) is 24.3 Å². The van der Waals surface area contributed by atoms with Gasteiger partial charge in [0.2, 0.25) is 0 Å². The van der Waals surface area contributed by atoms with E-state index in [-0.39, 0.29) is 11.5 Å². The van der Waals surface area contributed by atoms with Crippen LogP contribution in [0.25, 0.3) is 16.5 Å². The second kappa shape index (κ2) is 7.38. The zero-order chi connectivity index (χ0) is 17.8. The number of hydrogen-bond donors (Lipinski definition) is 2. The summed E-state index contributed by atoms with van der Waals surface area (Å²) in [7, 11) is 0. The fourth-order valence-corrected chi connectivity index (χ4v) is 3.41. The predicted molar refractivity (Wildman–Crippen MR) is 96.6 cm³/mol. The summed E-state index contributed by atoms with van der Waals surface area (Å²) >= 11 is 7.55. The van der Waals surface area contributed by atoms with Crippen molar-refractivity contribution in [2.75, 3.05) is 0 Å². The summed E-state index contributed by atoms with van der Waals surface area (Å²) in [4.78, 5) is 24.9. The predicted octanol–water partition coefficient (Wildman–Crippen LogP) is 4.52. The molecule has 1 amide bonds. The number of carbonyl (C=O) groups is 2. The van der Waals surface area contributed by atoms with Crippen molar-refractivity contribution in [2.24, 2.45) is 0 Å². The average Bonchev–Trinajstić information content (AvgIpc) is 3.26. The van der Waals surface area contributed by atoms with Gasteiger partial charge < -0.3 is 14.8 Å². The van der Waals surface area contributed by atoms with Crippen LogP contribution in [0.5, 0.6) is 0 Å². The lowest BCUT2D eigenvalue weighted by Crippen LogP contribution is -2.26. The van der Waals surface area contributed by atoms with Crippen LogP contribution in [0.1, 0.15) is 15.4 Å². The zero-order valence-corrected chi connectivity index (χ0v) is 14.3. The van der Waals surface area contributed by atoms with Crippen molar-refractivity contribution in [2.45, 2.75) is 0 Å². The van der Waals surface area contributed by atoms with Crippen molar-refractivity contribution in [3.8, 4) is 10.4 Å². The van der Waals surface area contributed by atoms with Crippen molar-refractivity contribution in [1.82, 2.24) is 5.32 Å². The van der Waals surface area contributed by atoms with Gasteiger partial charge in [-0.15, -0.1) is 11.3 Å². The molecule has 0 saturated heterocycles. The molecule has 0 atom stereocenters. The Morgan fingerprint density at radius 3 is 2.60 bits per heavy atom. The maximum absolute atomic E-state index is 12.0. The number of benzene rings is 1. The lowest BCUT2D eigenvalue weighted by atomic mass is 10.2. The molecular formula is C18H12ClNO4S. The number of thiophene rings is 1. The minimum atomic E-state index is -1.24. The molecule has 2 heterocycles. The summed E-state index contributed by atoms with van der Waals surface area (Å²) in [6.45, 7) is 0. The molecule has 0 fully saturated rings. The molecule has 2 aromatic heterocycles. The number of hydrogen-bond acceptors (Lipinski definition) is 4. The standard InChI is InChI=1S/C18H12ClNO4S/c19-13-5-2-1-4-12(13)16-8-7-11(25-16)10-14(18(22)23)20-17(21)15-6-3-9-24-15/h1-10H,(H,20,21)(H,22,23). The quantitative estimate of drug-likeness (QED) is 0.644. The highest BCUT2D eigenvalue weighted by Crippen LogP contribution is 2.33. The summed E-state index contributed by atoms with van der Waals surface area (Å²) in [5.74, 6) is -1.83. The molecule has 0 aliphatic heterocycles. The van der Waals surface area contributed by atoms with E-state index in [1.165, 1.54) is 29.7 Å². The maximum atomic E-state index is 12.0. The van der Waals surface area contributed by atoms with Gasteiger partial charge in [-0.2, -0.15) is 0 Å². The third kappa shape index (κ3) is 3.99. The number of carboxylic acids is 1. The van der Waals surface area contributed by atoms with E-state index in [1.54, 1.807) is 18.2 Å². The lowest BCUT2D eigenvalue weighted by Gasteiger charge is -2.03. The van der Waals surface area contributed by atoms with Crippen LogP contribution in [-0.2, 0) is 4.79 Å². The van der Waals surface area contributed by atoms with Gasteiger partial charge >= 0.3 is 5.97 Å². The molecule has 7 heteroatoms. The van der Waals surface area contributed by atoms with E-state index in [0.29, 0.717) is 9.90 Å². The van der Waals surface area contributed by atoms with Gasteiger partial charge in [0, 0.05) is 20.3 Å². The summed E-state index contributed by atoms with van der Waals surface area (Å²) in [6, 6.07) is 14.0. The third-order valence-corrected chi connectivity index (χ3v) is 4.67. The Bertz CT molecular complexity index is 944. The number of carbonyl (C=O) groups excluding carboxylic acids is 1. The molecule has 0 aliphatic carbocycles. The number of nitrogens with one attached hydrogen (secondary N) is 1. The molecule has 5 nitrogen and oxygen atoms in total. The van der Waals surface area contributed by atoms with Crippen molar-refractivity contribution >= 4 is 40.9 Å². The monoisotopic (exact) mass is 373 g/mol. The maximum Gasteiger partial charge on any atom is 0.352 e. The van der Waals surface area contributed by atoms with Crippen molar-refractivity contribution < 1.29 is 19.1 Å². The largest absolute Gasteiger partial charge is 0.477 e. The highest BCUT2D eigenvalue weighted by Gasteiger charge is 2.16. The fraction of sp³-hybridized carbons (Fsp3) is 0. The summed E-state index contributed by atoms with van der Waals surface area (Å²) in [5.41, 5.74) is 0.624. The Balaban J connectivity index is 1.85. The van der Waals surface area contributed by atoms with E-state index < -0.39 is 11.9 Å². The zero-order valence-electron chi connectivity index (χ0n) is 12.7. The molecule has 0 unspecified atom stereocenters. The van der Waals surface area contributed by atoms with Crippen LogP contribution in [0.3, 0.4) is 0 Å². The molecule has 1 aromatic carbocycles. The van der Waals surface area contributed by atoms with E-state index >= 15 is 0 Å². The smallest absolute Gasteiger partial charge is 0.352 e. The topological polar surface area (TPSA) is 79.5 Å². The van der Waals surface area contributed by atoms with E-state index in [2.05, 4.69) is 5.32 Å². The Kier molecular flexibility index (Phi) is 5.02. The SMILES string of the molecule is O=C(O)C(=Cc1ccc(-c2ccccc2Cl)s1)NC(=O)c1ccco1. The minimum absolute atomic E-state index is 0.0371. The Labute approximate surface area is 152 Å². The van der Waals surface area contributed by atoms with Gasteiger partial charge in [0.25, 0.3) is 5.91 Å². The second-order valence-electron chi connectivity index (χ2n) is 4.98. The minimum Gasteiger partial charge on any atom is -0.477 e. The molecule has 0 bridgehead atoms. The van der Waals surface area contributed by atoms with Crippen LogP contribution in [0, 0.1) is 0 Å². The number of aliphatic carboxylic acids is 1. The van der Waals surface area contributed by atoms with E-state index in [9.17, 15) is 14.7 Å². The first-order valence-corrected chi connectivity index (χ1v) is 8.38. The van der Waals surface area contributed by atoms with Gasteiger partial charge in [0.05, 0.1) is 6.26 Å². The van der Waals surface area contributed by atoms with Gasteiger partial charge in [0.15, 0.2) is 5.76 Å². The van der Waals surface area contributed by atoms with Crippen molar-refractivity contribution in [1.29, 1.82) is 0 Å². The number of furan rings is 1. The second-order valence-corrected chi connectivity index (χ2v) is 6.50. The number of amides is 1. The van der Waals surface area contributed by atoms with E-state index in [0.717, 1.165) is 10.4 Å². The van der Waals surface area contributed by atoms with Crippen molar-refractivity contribution in [3.05, 3.63) is 76.2 Å². The molecule has 3 rings (SSSR count). The van der Waals surface area contributed by atoms with Gasteiger partial charge in [-0.05, 0) is 36.4 Å². The molecular weight excluding hydrogens is 362 g/mol. The normalized spacial score (nSPS) is 11.3. The van der Waals surface area contributed by atoms with Crippen LogP contribution >= 0.6 is 22.9 Å². The number of halogens is 1. The third-order valence-electron chi connectivity index (χ3n) is 3.28. The summed E-state index contributed by atoms with van der Waals surface area (Å²) < 4.78 is 4.96. The Morgan fingerprint density at radius 2 is 1.92 bits per heavy atom. The molecule has 0 saturated carbocycles. The van der Waals surface area contributed by atoms with Gasteiger partial charge in [0.1, 0.15) is 5.70 Å². The van der Waals surface area contributed by atoms with Crippen LogP contribution in [0.4, 0.5) is 0 Å².